The van der Waals surface area contributed by atoms with Crippen LogP contribution in [0.15, 0.2) is 0 Å². The Kier molecular flexibility index (Phi) is 7.27. The number of nitrogens with zero attached hydrogens (tertiary/aromatic N) is 2. The summed E-state index contributed by atoms with van der Waals surface area (Å²) in [6.45, 7) is 12.4. The molecule has 0 aliphatic carbocycles. The number of likely N-dealkylation sites (N-methyl/N-ethyl adjacent to an activating group) is 2. The van der Waals surface area contributed by atoms with Gasteiger partial charge in [0.05, 0.1) is 7.11 Å². The Labute approximate surface area is 145 Å². The van der Waals surface area contributed by atoms with Gasteiger partial charge in [0.25, 0.3) is 0 Å². The molecule has 0 unspecified atom stereocenters. The summed E-state index contributed by atoms with van der Waals surface area (Å²) in [5.41, 5.74) is -1.16. The second-order valence-corrected chi connectivity index (χ2v) is 8.01. The zero-order chi connectivity index (χ0) is 19.5. The molecule has 140 valence electrons. The Morgan fingerprint density at radius 3 is 1.71 bits per heavy atom. The molecule has 0 heterocycles. The van der Waals surface area contributed by atoms with E-state index in [9.17, 15) is 14.4 Å². The minimum absolute atomic E-state index is 0.367. The number of hydrogen-bond acceptors (Lipinski definition) is 5. The number of carbonyl (C=O) groups is 3. The third-order valence-electron chi connectivity index (χ3n) is 3.60. The van der Waals surface area contributed by atoms with Gasteiger partial charge in [0.1, 0.15) is 17.7 Å². The lowest BCUT2D eigenvalue weighted by Crippen LogP contribution is -2.56. The summed E-state index contributed by atoms with van der Waals surface area (Å²) in [6, 6.07) is -1.54. The van der Waals surface area contributed by atoms with E-state index in [1.807, 2.05) is 20.8 Å². The van der Waals surface area contributed by atoms with Crippen LogP contribution >= 0.6 is 0 Å². The molecule has 7 nitrogen and oxygen atoms in total. The molecular formula is C17H32N2O5. The Hall–Kier alpha value is -1.79. The van der Waals surface area contributed by atoms with Crippen molar-refractivity contribution in [2.24, 2.45) is 5.41 Å². The summed E-state index contributed by atoms with van der Waals surface area (Å²) in [4.78, 5) is 39.5. The van der Waals surface area contributed by atoms with E-state index in [1.165, 1.54) is 31.0 Å². The van der Waals surface area contributed by atoms with E-state index in [2.05, 4.69) is 0 Å². The second kappa shape index (κ2) is 7.85. The maximum absolute atomic E-state index is 12.7. The molecule has 0 saturated carbocycles. The molecule has 7 heteroatoms. The highest BCUT2D eigenvalue weighted by atomic mass is 16.6. The first kappa shape index (κ1) is 22.2. The lowest BCUT2D eigenvalue weighted by atomic mass is 9.85. The standard InChI is InChI=1S/C17H32N2O5/c1-11(18(8)15(22)24-17(5,6)7)13(20)19(9)12(14(21)23-10)16(2,3)4/h11-12H,1-10H3/t11-,12-/m1/s1. The number of rotatable bonds is 4. The monoisotopic (exact) mass is 344 g/mol. The van der Waals surface area contributed by atoms with Gasteiger partial charge in [-0.05, 0) is 33.1 Å². The van der Waals surface area contributed by atoms with Gasteiger partial charge in [-0.25, -0.2) is 9.59 Å². The van der Waals surface area contributed by atoms with Crippen LogP contribution in [-0.4, -0.2) is 66.7 Å². The van der Waals surface area contributed by atoms with Crippen LogP contribution in [0.25, 0.3) is 0 Å². The van der Waals surface area contributed by atoms with Gasteiger partial charge in [0.2, 0.25) is 5.91 Å². The van der Waals surface area contributed by atoms with E-state index < -0.39 is 35.2 Å². The van der Waals surface area contributed by atoms with Gasteiger partial charge in [0, 0.05) is 14.1 Å². The van der Waals surface area contributed by atoms with Crippen molar-refractivity contribution in [3.05, 3.63) is 0 Å². The van der Waals surface area contributed by atoms with Crippen LogP contribution in [0.4, 0.5) is 4.79 Å². The Morgan fingerprint density at radius 2 is 1.38 bits per heavy atom. The molecule has 0 fully saturated rings. The van der Waals surface area contributed by atoms with E-state index in [0.29, 0.717) is 0 Å². The van der Waals surface area contributed by atoms with Crippen LogP contribution in [-0.2, 0) is 19.1 Å². The van der Waals surface area contributed by atoms with Gasteiger partial charge in [0.15, 0.2) is 0 Å². The minimum atomic E-state index is -0.778. The highest BCUT2D eigenvalue weighted by molar-refractivity contribution is 5.89. The number of esters is 1. The van der Waals surface area contributed by atoms with E-state index in [-0.39, 0.29) is 5.91 Å². The van der Waals surface area contributed by atoms with Crippen molar-refractivity contribution in [1.82, 2.24) is 9.80 Å². The van der Waals surface area contributed by atoms with E-state index in [0.717, 1.165) is 0 Å². The van der Waals surface area contributed by atoms with Crippen LogP contribution in [0, 0.1) is 5.41 Å². The molecule has 0 radical (unpaired) electrons. The number of carbonyl (C=O) groups excluding carboxylic acids is 3. The first-order chi connectivity index (χ1) is 10.6. The van der Waals surface area contributed by atoms with E-state index >= 15 is 0 Å². The molecule has 2 amide bonds. The third kappa shape index (κ3) is 6.02. The minimum Gasteiger partial charge on any atom is -0.467 e. The van der Waals surface area contributed by atoms with Crippen LogP contribution in [0.3, 0.4) is 0 Å². The topological polar surface area (TPSA) is 76.2 Å². The fourth-order valence-electron chi connectivity index (χ4n) is 2.28. The molecule has 0 spiro atoms. The van der Waals surface area contributed by atoms with E-state index in [4.69, 9.17) is 9.47 Å². The zero-order valence-electron chi connectivity index (χ0n) is 16.6. The molecule has 0 aliphatic rings. The molecule has 0 aromatic heterocycles. The summed E-state index contributed by atoms with van der Waals surface area (Å²) in [7, 11) is 4.32. The summed E-state index contributed by atoms with van der Waals surface area (Å²) in [6.07, 6.45) is -0.595. The summed E-state index contributed by atoms with van der Waals surface area (Å²) in [5.74, 6) is -0.862. The Balaban J connectivity index is 5.29. The van der Waals surface area contributed by atoms with Crippen molar-refractivity contribution in [3.63, 3.8) is 0 Å². The second-order valence-electron chi connectivity index (χ2n) is 8.01. The van der Waals surface area contributed by atoms with Gasteiger partial charge in [-0.15, -0.1) is 0 Å². The Bertz CT molecular complexity index is 476. The molecule has 0 aliphatic heterocycles. The molecule has 2 atom stereocenters. The fraction of sp³-hybridized carbons (Fsp3) is 0.824. The average molecular weight is 344 g/mol. The van der Waals surface area contributed by atoms with Gasteiger partial charge < -0.3 is 14.4 Å². The largest absolute Gasteiger partial charge is 0.467 e. The molecule has 0 bridgehead atoms. The fourth-order valence-corrected chi connectivity index (χ4v) is 2.28. The van der Waals surface area contributed by atoms with Crippen LogP contribution in [0.1, 0.15) is 48.5 Å². The normalized spacial score (nSPS) is 14.4. The van der Waals surface area contributed by atoms with Crippen molar-refractivity contribution in [3.8, 4) is 0 Å². The predicted molar refractivity (Wildman–Crippen MR) is 91.5 cm³/mol. The molecule has 0 aromatic rings. The highest BCUT2D eigenvalue weighted by Crippen LogP contribution is 2.25. The first-order valence-corrected chi connectivity index (χ1v) is 7.93. The molecule has 0 saturated heterocycles. The smallest absolute Gasteiger partial charge is 0.410 e. The number of amides is 2. The van der Waals surface area contributed by atoms with Crippen molar-refractivity contribution in [1.29, 1.82) is 0 Å². The van der Waals surface area contributed by atoms with Crippen LogP contribution in [0.2, 0.25) is 0 Å². The van der Waals surface area contributed by atoms with Crippen molar-refractivity contribution in [2.45, 2.75) is 66.2 Å². The predicted octanol–water partition coefficient (Wildman–Crippen LogP) is 2.29. The van der Waals surface area contributed by atoms with Gasteiger partial charge in [-0.1, -0.05) is 20.8 Å². The molecule has 24 heavy (non-hydrogen) atoms. The lowest BCUT2D eigenvalue weighted by molar-refractivity contribution is -0.157. The van der Waals surface area contributed by atoms with Crippen molar-refractivity contribution < 1.29 is 23.9 Å². The van der Waals surface area contributed by atoms with Gasteiger partial charge in [-0.3, -0.25) is 9.69 Å². The number of hydrogen-bond donors (Lipinski definition) is 0. The Morgan fingerprint density at radius 1 is 0.917 bits per heavy atom. The van der Waals surface area contributed by atoms with Crippen molar-refractivity contribution >= 4 is 18.0 Å². The zero-order valence-corrected chi connectivity index (χ0v) is 16.6. The lowest BCUT2D eigenvalue weighted by Gasteiger charge is -2.38. The number of ether oxygens (including phenoxy) is 2. The van der Waals surface area contributed by atoms with Crippen LogP contribution in [0.5, 0.6) is 0 Å². The maximum Gasteiger partial charge on any atom is 0.410 e. The van der Waals surface area contributed by atoms with Crippen LogP contribution < -0.4 is 0 Å². The molecule has 0 aromatic carbocycles. The molecular weight excluding hydrogens is 312 g/mol. The summed E-state index contributed by atoms with van der Waals surface area (Å²) in [5, 5.41) is 0. The highest BCUT2D eigenvalue weighted by Gasteiger charge is 2.40. The van der Waals surface area contributed by atoms with Gasteiger partial charge in [-0.2, -0.15) is 0 Å². The van der Waals surface area contributed by atoms with Gasteiger partial charge >= 0.3 is 12.1 Å². The SMILES string of the molecule is COC(=O)[C@@H](N(C)C(=O)[C@@H](C)N(C)C(=O)OC(C)(C)C)C(C)(C)C. The third-order valence-corrected chi connectivity index (χ3v) is 3.60. The summed E-state index contributed by atoms with van der Waals surface area (Å²) < 4.78 is 10.1. The molecule has 0 N–H and O–H groups in total. The summed E-state index contributed by atoms with van der Waals surface area (Å²) >= 11 is 0. The molecule has 0 rings (SSSR count). The van der Waals surface area contributed by atoms with Crippen molar-refractivity contribution in [2.75, 3.05) is 21.2 Å². The van der Waals surface area contributed by atoms with E-state index in [1.54, 1.807) is 27.7 Å². The first-order valence-electron chi connectivity index (χ1n) is 7.93. The quantitative estimate of drug-likeness (QED) is 0.731. The average Bonchev–Trinajstić information content (AvgIpc) is 2.41. The number of methoxy groups -OCH3 is 1. The maximum atomic E-state index is 12.7.